The Morgan fingerprint density at radius 2 is 1.67 bits per heavy atom. The van der Waals surface area contributed by atoms with E-state index in [0.29, 0.717) is 0 Å². The molecule has 2 rings (SSSR count). The number of rotatable bonds is 8. The lowest BCUT2D eigenvalue weighted by molar-refractivity contribution is 0.0496. The molecule has 1 N–H and O–H groups in total. The summed E-state index contributed by atoms with van der Waals surface area (Å²) in [6.07, 6.45) is 7.42. The van der Waals surface area contributed by atoms with Crippen molar-refractivity contribution in [1.82, 2.24) is 0 Å². The maximum absolute atomic E-state index is 6.45. The van der Waals surface area contributed by atoms with E-state index in [1.165, 1.54) is 11.1 Å². The van der Waals surface area contributed by atoms with Crippen LogP contribution in [0.25, 0.3) is 5.57 Å². The highest BCUT2D eigenvalue weighted by molar-refractivity contribution is 5.83. The van der Waals surface area contributed by atoms with Gasteiger partial charge in [-0.25, -0.2) is 0 Å². The molecule has 0 aliphatic rings. The smallest absolute Gasteiger partial charge is 0.119 e. The minimum atomic E-state index is 0.0694. The minimum Gasteiger partial charge on any atom is -0.490 e. The molecule has 0 amide bonds. The fourth-order valence-corrected chi connectivity index (χ4v) is 3.71. The van der Waals surface area contributed by atoms with E-state index >= 15 is 0 Å². The first-order valence-corrected chi connectivity index (χ1v) is 11.9. The molecule has 33 heavy (non-hydrogen) atoms. The van der Waals surface area contributed by atoms with Crippen LogP contribution in [0.2, 0.25) is 0 Å². The van der Waals surface area contributed by atoms with E-state index < -0.39 is 0 Å². The molecule has 0 saturated heterocycles. The van der Waals surface area contributed by atoms with Crippen molar-refractivity contribution >= 4 is 16.9 Å². The highest BCUT2D eigenvalue weighted by atomic mass is 16.5. The van der Waals surface area contributed by atoms with Crippen LogP contribution in [0.5, 0.6) is 5.75 Å². The van der Waals surface area contributed by atoms with E-state index in [-0.39, 0.29) is 16.9 Å². The van der Waals surface area contributed by atoms with E-state index in [2.05, 4.69) is 122 Å². The van der Waals surface area contributed by atoms with Gasteiger partial charge in [-0.05, 0) is 80.0 Å². The number of aryl methyl sites for hydroxylation is 1. The quantitative estimate of drug-likeness (QED) is 0.408. The lowest BCUT2D eigenvalue weighted by atomic mass is 9.78. The molecule has 0 saturated carbocycles. The number of benzene rings is 2. The van der Waals surface area contributed by atoms with Gasteiger partial charge in [0.25, 0.3) is 0 Å². The highest BCUT2D eigenvalue weighted by Gasteiger charge is 2.30. The van der Waals surface area contributed by atoms with Crippen molar-refractivity contribution in [3.63, 3.8) is 0 Å². The molecular weight excluding hydrogens is 402 g/mol. The molecule has 2 heteroatoms. The third kappa shape index (κ3) is 8.61. The Morgan fingerprint density at radius 3 is 2.21 bits per heavy atom. The maximum Gasteiger partial charge on any atom is 0.119 e. The number of nitrogens with one attached hydrogen (secondary N) is 1. The number of allylic oxidation sites excluding steroid dienone is 5. The monoisotopic (exact) mass is 445 g/mol. The SMILES string of the molecule is C=C(/C=C(C)\C=C/C)c1cc(C)ccc1Nc1ccc(OC(CC(C)(C)C)C(C)(C)C)cc1. The predicted octanol–water partition coefficient (Wildman–Crippen LogP) is 9.50. The second kappa shape index (κ2) is 10.9. The summed E-state index contributed by atoms with van der Waals surface area (Å²) in [5, 5.41) is 3.57. The fourth-order valence-electron chi connectivity index (χ4n) is 3.71. The predicted molar refractivity (Wildman–Crippen MR) is 146 cm³/mol. The van der Waals surface area contributed by atoms with Crippen LogP contribution in [-0.2, 0) is 0 Å². The molecule has 0 bridgehead atoms. The number of hydrogen-bond donors (Lipinski definition) is 1. The zero-order valence-electron chi connectivity index (χ0n) is 22.2. The number of anilines is 2. The Bertz CT molecular complexity index is 995. The second-order valence-electron chi connectivity index (χ2n) is 11.3. The van der Waals surface area contributed by atoms with Gasteiger partial charge in [0.05, 0.1) is 0 Å². The molecule has 0 heterocycles. The Morgan fingerprint density at radius 1 is 1.03 bits per heavy atom. The van der Waals surface area contributed by atoms with Gasteiger partial charge in [0.2, 0.25) is 0 Å². The van der Waals surface area contributed by atoms with Gasteiger partial charge in [-0.3, -0.25) is 0 Å². The van der Waals surface area contributed by atoms with Gasteiger partial charge in [0, 0.05) is 16.9 Å². The Labute approximate surface area is 202 Å². The van der Waals surface area contributed by atoms with E-state index in [1.807, 2.05) is 13.0 Å². The average Bonchev–Trinajstić information content (AvgIpc) is 2.68. The van der Waals surface area contributed by atoms with E-state index in [4.69, 9.17) is 4.74 Å². The van der Waals surface area contributed by atoms with Crippen LogP contribution in [-0.4, -0.2) is 6.10 Å². The van der Waals surface area contributed by atoms with Gasteiger partial charge in [-0.1, -0.05) is 83.6 Å². The fraction of sp³-hybridized carbons (Fsp3) is 0.419. The van der Waals surface area contributed by atoms with Gasteiger partial charge in [-0.15, -0.1) is 0 Å². The third-order valence-electron chi connectivity index (χ3n) is 5.53. The molecule has 0 spiro atoms. The summed E-state index contributed by atoms with van der Waals surface area (Å²) in [4.78, 5) is 0. The summed E-state index contributed by atoms with van der Waals surface area (Å²) in [5.74, 6) is 0.906. The Kier molecular flexibility index (Phi) is 8.77. The van der Waals surface area contributed by atoms with Crippen LogP contribution >= 0.6 is 0 Å². The highest BCUT2D eigenvalue weighted by Crippen LogP contribution is 2.35. The molecule has 2 aromatic rings. The van der Waals surface area contributed by atoms with Gasteiger partial charge < -0.3 is 10.1 Å². The molecule has 0 radical (unpaired) electrons. The van der Waals surface area contributed by atoms with E-state index in [9.17, 15) is 0 Å². The summed E-state index contributed by atoms with van der Waals surface area (Å²) in [5.41, 5.74) is 6.85. The zero-order valence-corrected chi connectivity index (χ0v) is 22.2. The summed E-state index contributed by atoms with van der Waals surface area (Å²) < 4.78 is 6.45. The van der Waals surface area contributed by atoms with E-state index in [0.717, 1.165) is 34.7 Å². The van der Waals surface area contributed by atoms with Crippen LogP contribution in [0.3, 0.4) is 0 Å². The van der Waals surface area contributed by atoms with Crippen molar-refractivity contribution < 1.29 is 4.74 Å². The van der Waals surface area contributed by atoms with Gasteiger partial charge >= 0.3 is 0 Å². The first kappa shape index (κ1) is 26.5. The van der Waals surface area contributed by atoms with Crippen molar-refractivity contribution in [2.24, 2.45) is 10.8 Å². The van der Waals surface area contributed by atoms with Crippen molar-refractivity contribution in [2.75, 3.05) is 5.32 Å². The number of hydrogen-bond acceptors (Lipinski definition) is 2. The van der Waals surface area contributed by atoms with Gasteiger partial charge in [0.15, 0.2) is 0 Å². The van der Waals surface area contributed by atoms with Crippen molar-refractivity contribution in [2.45, 2.75) is 74.8 Å². The molecule has 1 atom stereocenters. The molecule has 1 unspecified atom stereocenters. The van der Waals surface area contributed by atoms with Gasteiger partial charge in [0.1, 0.15) is 11.9 Å². The second-order valence-corrected chi connectivity index (χ2v) is 11.3. The zero-order chi connectivity index (χ0) is 24.8. The van der Waals surface area contributed by atoms with Crippen LogP contribution in [0, 0.1) is 17.8 Å². The summed E-state index contributed by atoms with van der Waals surface area (Å²) in [6, 6.07) is 14.7. The van der Waals surface area contributed by atoms with Crippen LogP contribution in [0.15, 0.2) is 72.8 Å². The first-order valence-electron chi connectivity index (χ1n) is 11.9. The normalized spacial score (nSPS) is 13.8. The molecular formula is C31H43NO. The molecule has 2 aromatic carbocycles. The number of ether oxygens (including phenoxy) is 1. The van der Waals surface area contributed by atoms with Crippen molar-refractivity contribution in [1.29, 1.82) is 0 Å². The standard InChI is InChI=1S/C31H43NO/c1-11-12-22(2)19-24(4)27-20-23(3)13-18-28(27)32-25-14-16-26(17-15-25)33-29(31(8,9)10)21-30(5,6)7/h11-20,29,32H,4,21H2,1-3,5-10H3/b12-11-,22-19-. The maximum atomic E-state index is 6.45. The lowest BCUT2D eigenvalue weighted by Crippen LogP contribution is -2.35. The molecule has 0 aliphatic heterocycles. The average molecular weight is 446 g/mol. The molecule has 0 aromatic heterocycles. The Hall–Kier alpha value is -2.74. The minimum absolute atomic E-state index is 0.0694. The van der Waals surface area contributed by atoms with Crippen LogP contribution < -0.4 is 10.1 Å². The first-order chi connectivity index (χ1) is 15.3. The van der Waals surface area contributed by atoms with Gasteiger partial charge in [-0.2, -0.15) is 0 Å². The lowest BCUT2D eigenvalue weighted by Gasteiger charge is -2.35. The third-order valence-corrected chi connectivity index (χ3v) is 5.53. The molecule has 0 fully saturated rings. The van der Waals surface area contributed by atoms with E-state index in [1.54, 1.807) is 0 Å². The Balaban J connectivity index is 2.23. The van der Waals surface area contributed by atoms with Crippen LogP contribution in [0.4, 0.5) is 11.4 Å². The largest absolute Gasteiger partial charge is 0.490 e. The molecule has 0 aliphatic carbocycles. The van der Waals surface area contributed by atoms with Crippen molar-refractivity contribution in [3.8, 4) is 5.75 Å². The summed E-state index contributed by atoms with van der Waals surface area (Å²) in [6.45, 7) is 24.1. The summed E-state index contributed by atoms with van der Waals surface area (Å²) in [7, 11) is 0. The topological polar surface area (TPSA) is 21.3 Å². The molecule has 2 nitrogen and oxygen atoms in total. The van der Waals surface area contributed by atoms with Crippen molar-refractivity contribution in [3.05, 3.63) is 84.0 Å². The molecule has 178 valence electrons. The van der Waals surface area contributed by atoms with Crippen LogP contribution in [0.1, 0.15) is 72.9 Å². The summed E-state index contributed by atoms with van der Waals surface area (Å²) >= 11 is 0.